The van der Waals surface area contributed by atoms with E-state index >= 15 is 8.78 Å². The molecule has 2 aliphatic carbocycles. The third-order valence-electron chi connectivity index (χ3n) is 10.5. The number of hydrogen-bond donors (Lipinski definition) is 0. The first-order chi connectivity index (χ1) is 23.4. The summed E-state index contributed by atoms with van der Waals surface area (Å²) in [7, 11) is 0. The van der Waals surface area contributed by atoms with E-state index in [1.54, 1.807) is 0 Å². The standard InChI is InChI=1S/C39H52F8O2/c1-2-3-4-5-6-7-8-11-27-14-16-28(17-15-27)12-9-10-13-29-18-23-33(34(40)24-29)39(46,47)48-31-21-19-30(20-22-31)38(44,45)49-32-25-35(41)37(43)36(42)26-32/h18,23-28,30-31H,2-17,19-22H2,1H3. The van der Waals surface area contributed by atoms with Crippen molar-refractivity contribution in [1.82, 2.24) is 0 Å². The molecule has 0 radical (unpaired) electrons. The highest BCUT2D eigenvalue weighted by Crippen LogP contribution is 2.42. The summed E-state index contributed by atoms with van der Waals surface area (Å²) in [6.07, 6.45) is 9.65. The van der Waals surface area contributed by atoms with E-state index in [1.807, 2.05) is 0 Å². The zero-order valence-corrected chi connectivity index (χ0v) is 28.7. The molecule has 0 N–H and O–H groups in total. The van der Waals surface area contributed by atoms with Gasteiger partial charge in [-0.25, -0.2) is 17.6 Å². The molecular formula is C39H52F8O2. The SMILES string of the molecule is CCCCCCCCCC1CCC(CCCCc2ccc(C(F)(F)OC3CCC(C(F)(F)Oc4cc(F)c(F)c(F)c4)CC3)c(F)c2)CC1. The molecular weight excluding hydrogens is 652 g/mol. The normalized spacial score (nSPS) is 22.0. The Hall–Kier alpha value is -2.36. The van der Waals surface area contributed by atoms with Crippen LogP contribution in [0.2, 0.25) is 0 Å². The van der Waals surface area contributed by atoms with Crippen LogP contribution in [-0.2, 0) is 17.3 Å². The predicted octanol–water partition coefficient (Wildman–Crippen LogP) is 13.2. The fourth-order valence-electron chi connectivity index (χ4n) is 7.53. The lowest BCUT2D eigenvalue weighted by molar-refractivity contribution is -0.286. The van der Waals surface area contributed by atoms with Gasteiger partial charge in [0.1, 0.15) is 11.6 Å². The Balaban J connectivity index is 1.14. The van der Waals surface area contributed by atoms with E-state index in [4.69, 9.17) is 4.74 Å². The monoisotopic (exact) mass is 704 g/mol. The van der Waals surface area contributed by atoms with Crippen LogP contribution in [0.3, 0.4) is 0 Å². The van der Waals surface area contributed by atoms with Crippen LogP contribution in [-0.4, -0.2) is 12.2 Å². The third kappa shape index (κ3) is 12.1. The van der Waals surface area contributed by atoms with Crippen LogP contribution in [0.25, 0.3) is 0 Å². The average molecular weight is 705 g/mol. The van der Waals surface area contributed by atoms with Crippen molar-refractivity contribution in [3.05, 3.63) is 64.7 Å². The number of halogens is 8. The topological polar surface area (TPSA) is 18.5 Å². The molecule has 4 rings (SSSR count). The largest absolute Gasteiger partial charge is 0.432 e. The first-order valence-electron chi connectivity index (χ1n) is 18.4. The van der Waals surface area contributed by atoms with Gasteiger partial charge >= 0.3 is 12.2 Å². The smallest absolute Gasteiger partial charge is 0.400 e. The second-order valence-electron chi connectivity index (χ2n) is 14.3. The molecule has 49 heavy (non-hydrogen) atoms. The Morgan fingerprint density at radius 2 is 1.18 bits per heavy atom. The molecule has 0 spiro atoms. The van der Waals surface area contributed by atoms with Crippen LogP contribution in [0.1, 0.15) is 140 Å². The van der Waals surface area contributed by atoms with Gasteiger partial charge in [-0.15, -0.1) is 0 Å². The van der Waals surface area contributed by atoms with Gasteiger partial charge in [-0.3, -0.25) is 0 Å². The minimum absolute atomic E-state index is 0.189. The van der Waals surface area contributed by atoms with Crippen LogP contribution in [0.5, 0.6) is 5.75 Å². The first-order valence-corrected chi connectivity index (χ1v) is 18.4. The van der Waals surface area contributed by atoms with Gasteiger partial charge in [0, 0.05) is 12.1 Å². The summed E-state index contributed by atoms with van der Waals surface area (Å²) >= 11 is 0. The quantitative estimate of drug-likeness (QED) is 0.0823. The van der Waals surface area contributed by atoms with Crippen molar-refractivity contribution < 1.29 is 44.6 Å². The molecule has 0 heterocycles. The summed E-state index contributed by atoms with van der Waals surface area (Å²) in [5.41, 5.74) is -0.264. The summed E-state index contributed by atoms with van der Waals surface area (Å²) in [5.74, 6) is -6.99. The molecule has 2 aromatic rings. The minimum Gasteiger partial charge on any atom is -0.432 e. The summed E-state index contributed by atoms with van der Waals surface area (Å²) in [4.78, 5) is 0. The molecule has 2 aromatic carbocycles. The molecule has 0 unspecified atom stereocenters. The van der Waals surface area contributed by atoms with Crippen molar-refractivity contribution in [2.45, 2.75) is 154 Å². The van der Waals surface area contributed by atoms with E-state index in [0.29, 0.717) is 24.1 Å². The number of aryl methyl sites for hydroxylation is 1. The Morgan fingerprint density at radius 1 is 0.633 bits per heavy atom. The van der Waals surface area contributed by atoms with Gasteiger partial charge in [0.2, 0.25) is 0 Å². The van der Waals surface area contributed by atoms with Crippen LogP contribution in [0, 0.1) is 41.0 Å². The Morgan fingerprint density at radius 3 is 1.76 bits per heavy atom. The molecule has 2 nitrogen and oxygen atoms in total. The molecule has 276 valence electrons. The Kier molecular flexibility index (Phi) is 15.1. The van der Waals surface area contributed by atoms with Gasteiger partial charge in [0.05, 0.1) is 17.6 Å². The molecule has 0 amide bonds. The van der Waals surface area contributed by atoms with Crippen LogP contribution < -0.4 is 4.74 Å². The molecule has 0 bridgehead atoms. The number of hydrogen-bond acceptors (Lipinski definition) is 2. The zero-order chi connectivity index (χ0) is 35.4. The summed E-state index contributed by atoms with van der Waals surface area (Å²) in [5, 5.41) is 0. The highest BCUT2D eigenvalue weighted by molar-refractivity contribution is 5.27. The molecule has 2 fully saturated rings. The number of benzene rings is 2. The van der Waals surface area contributed by atoms with Gasteiger partial charge in [-0.2, -0.15) is 17.6 Å². The van der Waals surface area contributed by atoms with Crippen LogP contribution in [0.4, 0.5) is 35.1 Å². The van der Waals surface area contributed by atoms with Crippen molar-refractivity contribution in [3.63, 3.8) is 0 Å². The second kappa shape index (κ2) is 18.8. The fraction of sp³-hybridized carbons (Fsp3) is 0.692. The van der Waals surface area contributed by atoms with Crippen LogP contribution in [0.15, 0.2) is 30.3 Å². The van der Waals surface area contributed by atoms with E-state index in [2.05, 4.69) is 11.7 Å². The van der Waals surface area contributed by atoms with Crippen molar-refractivity contribution in [2.24, 2.45) is 17.8 Å². The summed E-state index contributed by atoms with van der Waals surface area (Å²) < 4.78 is 124. The Labute approximate surface area is 286 Å². The number of ether oxygens (including phenoxy) is 2. The minimum atomic E-state index is -3.96. The van der Waals surface area contributed by atoms with E-state index in [1.165, 1.54) is 83.1 Å². The van der Waals surface area contributed by atoms with Gasteiger partial charge in [0.15, 0.2) is 17.5 Å². The maximum atomic E-state index is 15.0. The number of rotatable bonds is 19. The highest BCUT2D eigenvalue weighted by Gasteiger charge is 2.46. The van der Waals surface area contributed by atoms with Gasteiger partial charge < -0.3 is 9.47 Å². The number of unbranched alkanes of at least 4 members (excludes halogenated alkanes) is 7. The second-order valence-corrected chi connectivity index (χ2v) is 14.3. The molecule has 2 saturated carbocycles. The van der Waals surface area contributed by atoms with Gasteiger partial charge in [-0.05, 0) is 68.1 Å². The lowest BCUT2D eigenvalue weighted by Crippen LogP contribution is -2.39. The van der Waals surface area contributed by atoms with Gasteiger partial charge in [0.25, 0.3) is 0 Å². The first kappa shape index (κ1) is 39.4. The maximum Gasteiger partial charge on any atom is 0.400 e. The predicted molar refractivity (Wildman–Crippen MR) is 175 cm³/mol. The molecule has 10 heteroatoms. The molecule has 0 saturated heterocycles. The summed E-state index contributed by atoms with van der Waals surface area (Å²) in [6, 6.07) is 4.26. The van der Waals surface area contributed by atoms with Gasteiger partial charge in [-0.1, -0.05) is 103 Å². The van der Waals surface area contributed by atoms with E-state index in [0.717, 1.165) is 43.2 Å². The highest BCUT2D eigenvalue weighted by atomic mass is 19.3. The lowest BCUT2D eigenvalue weighted by atomic mass is 9.78. The fourth-order valence-corrected chi connectivity index (χ4v) is 7.53. The van der Waals surface area contributed by atoms with E-state index in [-0.39, 0.29) is 25.7 Å². The molecule has 0 aliphatic heterocycles. The Bertz CT molecular complexity index is 1260. The average Bonchev–Trinajstić information content (AvgIpc) is 3.05. The van der Waals surface area contributed by atoms with E-state index in [9.17, 15) is 26.3 Å². The third-order valence-corrected chi connectivity index (χ3v) is 10.5. The molecule has 0 atom stereocenters. The van der Waals surface area contributed by atoms with Crippen LogP contribution >= 0.6 is 0 Å². The maximum absolute atomic E-state index is 15.0. The van der Waals surface area contributed by atoms with Crippen molar-refractivity contribution in [3.8, 4) is 5.75 Å². The van der Waals surface area contributed by atoms with Crippen molar-refractivity contribution >= 4 is 0 Å². The lowest BCUT2D eigenvalue weighted by Gasteiger charge is -2.34. The number of alkyl halides is 4. The summed E-state index contributed by atoms with van der Waals surface area (Å²) in [6.45, 7) is 2.24. The molecule has 2 aliphatic rings. The van der Waals surface area contributed by atoms with Crippen molar-refractivity contribution in [2.75, 3.05) is 0 Å². The van der Waals surface area contributed by atoms with E-state index < -0.39 is 58.8 Å². The molecule has 0 aromatic heterocycles. The van der Waals surface area contributed by atoms with Crippen molar-refractivity contribution in [1.29, 1.82) is 0 Å². The zero-order valence-electron chi connectivity index (χ0n) is 28.7.